The highest BCUT2D eigenvalue weighted by atomic mass is 35.5. The molecule has 0 aromatic heterocycles. The zero-order valence-electron chi connectivity index (χ0n) is 16.6. The van der Waals surface area contributed by atoms with Crippen molar-refractivity contribution in [2.75, 3.05) is 0 Å². The molecule has 156 valence electrons. The number of rotatable bonds is 7. The lowest BCUT2D eigenvalue weighted by Gasteiger charge is -2.08. The van der Waals surface area contributed by atoms with Crippen molar-refractivity contribution in [1.82, 2.24) is 5.32 Å². The smallest absolute Gasteiger partial charge is 0.239 e. The summed E-state index contributed by atoms with van der Waals surface area (Å²) >= 11 is 7.57. The molecule has 1 aliphatic rings. The normalized spacial score (nSPS) is 17.3. The lowest BCUT2D eigenvalue weighted by Crippen LogP contribution is -2.26. The minimum atomic E-state index is -0.282. The number of halogens is 1. The van der Waals surface area contributed by atoms with E-state index >= 15 is 0 Å². The van der Waals surface area contributed by atoms with Crippen LogP contribution >= 0.6 is 23.4 Å². The number of amidine groups is 1. The van der Waals surface area contributed by atoms with Crippen molar-refractivity contribution >= 4 is 40.7 Å². The van der Waals surface area contributed by atoms with E-state index in [9.17, 15) is 4.79 Å². The Morgan fingerprint density at radius 1 is 1.00 bits per heavy atom. The van der Waals surface area contributed by atoms with Crippen molar-refractivity contribution in [3.63, 3.8) is 0 Å². The molecule has 0 aliphatic carbocycles. The molecule has 1 N–H and O–H groups in total. The van der Waals surface area contributed by atoms with Crippen LogP contribution in [0.15, 0.2) is 89.1 Å². The largest absolute Gasteiger partial charge is 0.488 e. The van der Waals surface area contributed by atoms with Crippen molar-refractivity contribution in [1.29, 1.82) is 0 Å². The molecule has 31 heavy (non-hydrogen) atoms. The van der Waals surface area contributed by atoms with Crippen LogP contribution in [0.2, 0.25) is 5.02 Å². The van der Waals surface area contributed by atoms with Crippen molar-refractivity contribution in [3.8, 4) is 5.75 Å². The summed E-state index contributed by atoms with van der Waals surface area (Å²) in [4.78, 5) is 12.3. The van der Waals surface area contributed by atoms with Gasteiger partial charge in [0.2, 0.25) is 5.91 Å². The highest BCUT2D eigenvalue weighted by Gasteiger charge is 2.30. The quantitative estimate of drug-likeness (QED) is 0.404. The van der Waals surface area contributed by atoms with Crippen LogP contribution < -0.4 is 10.1 Å². The Balaban J connectivity index is 1.39. The Morgan fingerprint density at radius 2 is 1.74 bits per heavy atom. The molecule has 0 saturated carbocycles. The monoisotopic (exact) mass is 449 g/mol. The van der Waals surface area contributed by atoms with Crippen molar-refractivity contribution in [3.05, 3.63) is 101 Å². The molecule has 7 heteroatoms. The molecule has 1 unspecified atom stereocenters. The first-order valence-electron chi connectivity index (χ1n) is 9.77. The van der Waals surface area contributed by atoms with Gasteiger partial charge in [-0.2, -0.15) is 5.10 Å². The van der Waals surface area contributed by atoms with E-state index in [2.05, 4.69) is 15.5 Å². The van der Waals surface area contributed by atoms with Crippen LogP contribution in [0.3, 0.4) is 0 Å². The second-order valence-corrected chi connectivity index (χ2v) is 8.45. The third-order valence-corrected chi connectivity index (χ3v) is 6.08. The Bertz CT molecular complexity index is 1120. The molecule has 5 nitrogen and oxygen atoms in total. The zero-order chi connectivity index (χ0) is 21.5. The summed E-state index contributed by atoms with van der Waals surface area (Å²) in [5.74, 6) is 0.625. The van der Waals surface area contributed by atoms with Crippen LogP contribution in [0.1, 0.15) is 16.7 Å². The number of carbonyl (C=O) groups excluding carboxylic acids is 1. The van der Waals surface area contributed by atoms with Gasteiger partial charge in [0.05, 0.1) is 11.5 Å². The van der Waals surface area contributed by atoms with Crippen molar-refractivity contribution in [2.24, 2.45) is 10.2 Å². The second-order valence-electron chi connectivity index (χ2n) is 6.85. The maximum absolute atomic E-state index is 12.3. The molecule has 1 aliphatic heterocycles. The molecule has 3 aromatic carbocycles. The zero-order valence-corrected chi connectivity index (χ0v) is 18.1. The molecule has 1 amide bonds. The Labute approximate surface area is 190 Å². The van der Waals surface area contributed by atoms with Gasteiger partial charge >= 0.3 is 0 Å². The van der Waals surface area contributed by atoms with E-state index in [-0.39, 0.29) is 11.2 Å². The van der Waals surface area contributed by atoms with Gasteiger partial charge in [0, 0.05) is 10.6 Å². The molecule has 0 bridgehead atoms. The van der Waals surface area contributed by atoms with Gasteiger partial charge in [-0.15, -0.1) is 5.10 Å². The molecule has 4 rings (SSSR count). The standard InChI is InChI=1S/C24H20ClN3O2S/c25-20-12-6-4-10-18(20)14-22-23(29)27-24(31-22)28-26-15-19-11-5-7-13-21(19)30-16-17-8-2-1-3-9-17/h1-13,15,22H,14,16H2,(H,27,28,29)/b26-15+. The second kappa shape index (κ2) is 10.3. The number of carbonyl (C=O) groups is 1. The van der Waals surface area contributed by atoms with E-state index in [0.717, 1.165) is 22.4 Å². The van der Waals surface area contributed by atoms with Crippen LogP contribution in [0.5, 0.6) is 5.75 Å². The first kappa shape index (κ1) is 21.2. The lowest BCUT2D eigenvalue weighted by molar-refractivity contribution is -0.118. The van der Waals surface area contributed by atoms with E-state index in [1.165, 1.54) is 11.8 Å². The Hall–Kier alpha value is -3.09. The van der Waals surface area contributed by atoms with Gasteiger partial charge < -0.3 is 10.1 Å². The van der Waals surface area contributed by atoms with Gasteiger partial charge in [-0.25, -0.2) is 0 Å². The predicted octanol–water partition coefficient (Wildman–Crippen LogP) is 5.08. The first-order valence-corrected chi connectivity index (χ1v) is 11.0. The van der Waals surface area contributed by atoms with Gasteiger partial charge in [-0.1, -0.05) is 84.0 Å². The Morgan fingerprint density at radius 3 is 2.58 bits per heavy atom. The lowest BCUT2D eigenvalue weighted by atomic mass is 10.1. The SMILES string of the molecule is O=C1N/C(=N\N=C\c2ccccc2OCc2ccccc2)SC1Cc1ccccc1Cl. The van der Waals surface area contributed by atoms with Gasteiger partial charge in [-0.3, -0.25) is 4.79 Å². The number of amides is 1. The van der Waals surface area contributed by atoms with E-state index in [4.69, 9.17) is 16.3 Å². The average molecular weight is 450 g/mol. The maximum atomic E-state index is 12.3. The molecule has 1 fully saturated rings. The number of thioether (sulfide) groups is 1. The number of nitrogens with one attached hydrogen (secondary N) is 1. The summed E-state index contributed by atoms with van der Waals surface area (Å²) in [6.07, 6.45) is 2.16. The minimum absolute atomic E-state index is 0.0922. The molecule has 0 spiro atoms. The number of para-hydroxylation sites is 1. The van der Waals surface area contributed by atoms with E-state index in [1.807, 2.05) is 78.9 Å². The number of hydrogen-bond acceptors (Lipinski definition) is 5. The number of nitrogens with zero attached hydrogens (tertiary/aromatic N) is 2. The van der Waals surface area contributed by atoms with Crippen molar-refractivity contribution < 1.29 is 9.53 Å². The Kier molecular flexibility index (Phi) is 7.02. The first-order chi connectivity index (χ1) is 15.2. The van der Waals surface area contributed by atoms with E-state index < -0.39 is 0 Å². The summed E-state index contributed by atoms with van der Waals surface area (Å²) in [6.45, 7) is 0.468. The summed E-state index contributed by atoms with van der Waals surface area (Å²) < 4.78 is 5.93. The van der Waals surface area contributed by atoms with Crippen molar-refractivity contribution in [2.45, 2.75) is 18.3 Å². The molecule has 1 saturated heterocycles. The van der Waals surface area contributed by atoms with Gasteiger partial charge in [0.25, 0.3) is 0 Å². The molecule has 1 atom stereocenters. The highest BCUT2D eigenvalue weighted by Crippen LogP contribution is 2.26. The average Bonchev–Trinajstić information content (AvgIpc) is 3.14. The number of ether oxygens (including phenoxy) is 1. The summed E-state index contributed by atoms with van der Waals surface area (Å²) in [7, 11) is 0. The fraction of sp³-hybridized carbons (Fsp3) is 0.125. The van der Waals surface area contributed by atoms with Gasteiger partial charge in [0.1, 0.15) is 12.4 Å². The fourth-order valence-corrected chi connectivity index (χ4v) is 4.21. The topological polar surface area (TPSA) is 63.0 Å². The van der Waals surface area contributed by atoms with Crippen LogP contribution in [0, 0.1) is 0 Å². The summed E-state index contributed by atoms with van der Waals surface area (Å²) in [5, 5.41) is 12.0. The summed E-state index contributed by atoms with van der Waals surface area (Å²) in [6, 6.07) is 25.1. The third kappa shape index (κ3) is 5.75. The van der Waals surface area contributed by atoms with Gasteiger partial charge in [0.15, 0.2) is 5.17 Å². The molecule has 3 aromatic rings. The highest BCUT2D eigenvalue weighted by molar-refractivity contribution is 8.15. The summed E-state index contributed by atoms with van der Waals surface area (Å²) in [5.41, 5.74) is 2.83. The molecular formula is C24H20ClN3O2S. The minimum Gasteiger partial charge on any atom is -0.488 e. The van der Waals surface area contributed by atoms with Crippen LogP contribution in [0.25, 0.3) is 0 Å². The number of hydrogen-bond donors (Lipinski definition) is 1. The maximum Gasteiger partial charge on any atom is 0.239 e. The van der Waals surface area contributed by atoms with Gasteiger partial charge in [-0.05, 0) is 35.7 Å². The fourth-order valence-electron chi connectivity index (χ4n) is 3.05. The molecular weight excluding hydrogens is 430 g/mol. The van der Waals surface area contributed by atoms with Crippen LogP contribution in [-0.2, 0) is 17.8 Å². The number of benzene rings is 3. The third-order valence-electron chi connectivity index (χ3n) is 4.64. The van der Waals surface area contributed by atoms with Crippen LogP contribution in [-0.4, -0.2) is 22.5 Å². The van der Waals surface area contributed by atoms with E-state index in [0.29, 0.717) is 23.2 Å². The van der Waals surface area contributed by atoms with E-state index in [1.54, 1.807) is 6.21 Å². The predicted molar refractivity (Wildman–Crippen MR) is 127 cm³/mol. The molecule has 0 radical (unpaired) electrons. The molecule has 1 heterocycles. The van der Waals surface area contributed by atoms with Crippen LogP contribution in [0.4, 0.5) is 0 Å².